The standard InChI is InChI=1S/C21H24N2O4/c1-22-19(24)13-15-14-21(27-17-6-3-2-5-16(15)17)8-10-23(11-9-21)20(25)18-7-4-12-26-18/h2-7,12,15H,8-11,13-14H2,1H3,(H,22,24)/t15-/m0/s1. The highest BCUT2D eigenvalue weighted by atomic mass is 16.5. The van der Waals surface area contributed by atoms with Crippen molar-refractivity contribution in [2.45, 2.75) is 37.2 Å². The molecule has 1 aromatic heterocycles. The van der Waals surface area contributed by atoms with E-state index < -0.39 is 0 Å². The van der Waals surface area contributed by atoms with Crippen LogP contribution in [0, 0.1) is 0 Å². The number of hydrogen-bond acceptors (Lipinski definition) is 4. The van der Waals surface area contributed by atoms with E-state index in [9.17, 15) is 9.59 Å². The van der Waals surface area contributed by atoms with Crippen molar-refractivity contribution >= 4 is 11.8 Å². The van der Waals surface area contributed by atoms with Crippen LogP contribution in [0.15, 0.2) is 47.1 Å². The van der Waals surface area contributed by atoms with E-state index in [-0.39, 0.29) is 23.3 Å². The zero-order chi connectivity index (χ0) is 18.9. The van der Waals surface area contributed by atoms with E-state index in [1.807, 2.05) is 29.2 Å². The maximum absolute atomic E-state index is 12.5. The molecule has 0 saturated carbocycles. The number of likely N-dealkylation sites (tertiary alicyclic amines) is 1. The summed E-state index contributed by atoms with van der Waals surface area (Å²) in [6, 6.07) is 11.4. The Labute approximate surface area is 158 Å². The average molecular weight is 368 g/mol. The smallest absolute Gasteiger partial charge is 0.289 e. The Balaban J connectivity index is 1.51. The lowest BCUT2D eigenvalue weighted by molar-refractivity contribution is -0.121. The molecule has 0 unspecified atom stereocenters. The summed E-state index contributed by atoms with van der Waals surface area (Å²) in [6.45, 7) is 1.24. The van der Waals surface area contributed by atoms with Crippen molar-refractivity contribution in [2.75, 3.05) is 20.1 Å². The minimum absolute atomic E-state index is 0.0392. The van der Waals surface area contributed by atoms with Crippen LogP contribution in [0.1, 0.15) is 47.7 Å². The summed E-state index contributed by atoms with van der Waals surface area (Å²) in [5.74, 6) is 1.33. The molecule has 6 nitrogen and oxygen atoms in total. The number of nitrogens with zero attached hydrogens (tertiary/aromatic N) is 1. The number of para-hydroxylation sites is 1. The molecule has 1 spiro atoms. The predicted octanol–water partition coefficient (Wildman–Crippen LogP) is 2.96. The number of ether oxygens (including phenoxy) is 1. The molecule has 6 heteroatoms. The molecule has 1 saturated heterocycles. The van der Waals surface area contributed by atoms with Crippen LogP contribution < -0.4 is 10.1 Å². The van der Waals surface area contributed by atoms with Gasteiger partial charge < -0.3 is 19.4 Å². The van der Waals surface area contributed by atoms with Crippen molar-refractivity contribution < 1.29 is 18.7 Å². The second kappa shape index (κ2) is 7.10. The number of carbonyl (C=O) groups excluding carboxylic acids is 2. The molecule has 1 atom stereocenters. The highest BCUT2D eigenvalue weighted by Crippen LogP contribution is 2.46. The summed E-state index contributed by atoms with van der Waals surface area (Å²) in [5.41, 5.74) is 0.772. The van der Waals surface area contributed by atoms with E-state index in [2.05, 4.69) is 5.32 Å². The van der Waals surface area contributed by atoms with Crippen LogP contribution in [-0.2, 0) is 4.79 Å². The van der Waals surface area contributed by atoms with Crippen LogP contribution in [0.4, 0.5) is 0 Å². The number of fused-ring (bicyclic) bond motifs is 1. The number of rotatable bonds is 3. The van der Waals surface area contributed by atoms with Gasteiger partial charge in [-0.15, -0.1) is 0 Å². The molecule has 1 N–H and O–H groups in total. The lowest BCUT2D eigenvalue weighted by Gasteiger charge is -2.46. The number of nitrogens with one attached hydrogen (secondary N) is 1. The Morgan fingerprint density at radius 1 is 1.19 bits per heavy atom. The predicted molar refractivity (Wildman–Crippen MR) is 99.7 cm³/mol. The number of carbonyl (C=O) groups is 2. The quantitative estimate of drug-likeness (QED) is 0.904. The third-order valence-electron chi connectivity index (χ3n) is 5.71. The van der Waals surface area contributed by atoms with Gasteiger partial charge in [-0.2, -0.15) is 0 Å². The van der Waals surface area contributed by atoms with Crippen molar-refractivity contribution in [1.29, 1.82) is 0 Å². The van der Waals surface area contributed by atoms with Crippen LogP contribution in [0.25, 0.3) is 0 Å². The molecule has 3 heterocycles. The maximum Gasteiger partial charge on any atom is 0.289 e. The van der Waals surface area contributed by atoms with Gasteiger partial charge in [-0.05, 0) is 30.2 Å². The summed E-state index contributed by atoms with van der Waals surface area (Å²) >= 11 is 0. The van der Waals surface area contributed by atoms with E-state index in [0.717, 1.165) is 30.6 Å². The summed E-state index contributed by atoms with van der Waals surface area (Å²) in [7, 11) is 1.67. The van der Waals surface area contributed by atoms with Gasteiger partial charge in [0, 0.05) is 45.3 Å². The SMILES string of the molecule is CNC(=O)C[C@H]1CC2(CCN(C(=O)c3ccco3)CC2)Oc2ccccc21. The largest absolute Gasteiger partial charge is 0.487 e. The number of furan rings is 1. The molecule has 0 aliphatic carbocycles. The summed E-state index contributed by atoms with van der Waals surface area (Å²) < 4.78 is 11.7. The topological polar surface area (TPSA) is 71.8 Å². The van der Waals surface area contributed by atoms with Crippen LogP contribution >= 0.6 is 0 Å². The molecule has 2 amide bonds. The zero-order valence-corrected chi connectivity index (χ0v) is 15.4. The Morgan fingerprint density at radius 3 is 2.67 bits per heavy atom. The van der Waals surface area contributed by atoms with Crippen LogP contribution in [0.2, 0.25) is 0 Å². The van der Waals surface area contributed by atoms with Crippen LogP contribution in [0.3, 0.4) is 0 Å². The number of piperidine rings is 1. The molecule has 4 rings (SSSR count). The van der Waals surface area contributed by atoms with E-state index in [1.165, 1.54) is 6.26 Å². The normalized spacial score (nSPS) is 20.6. The van der Waals surface area contributed by atoms with Gasteiger partial charge in [-0.25, -0.2) is 0 Å². The van der Waals surface area contributed by atoms with Crippen LogP contribution in [0.5, 0.6) is 5.75 Å². The Hall–Kier alpha value is -2.76. The molecule has 1 fully saturated rings. The summed E-state index contributed by atoms with van der Waals surface area (Å²) in [6.07, 6.45) is 4.26. The monoisotopic (exact) mass is 368 g/mol. The minimum atomic E-state index is -0.326. The van der Waals surface area contributed by atoms with Gasteiger partial charge in [-0.3, -0.25) is 9.59 Å². The summed E-state index contributed by atoms with van der Waals surface area (Å²) in [5, 5.41) is 2.73. The van der Waals surface area contributed by atoms with Gasteiger partial charge in [0.2, 0.25) is 5.91 Å². The fraction of sp³-hybridized carbons (Fsp3) is 0.429. The van der Waals surface area contributed by atoms with Gasteiger partial charge in [0.15, 0.2) is 5.76 Å². The Morgan fingerprint density at radius 2 is 1.96 bits per heavy atom. The zero-order valence-electron chi connectivity index (χ0n) is 15.4. The lowest BCUT2D eigenvalue weighted by atomic mass is 9.76. The summed E-state index contributed by atoms with van der Waals surface area (Å²) in [4.78, 5) is 26.4. The fourth-order valence-corrected chi connectivity index (χ4v) is 4.23. The first kappa shape index (κ1) is 17.6. The van der Waals surface area contributed by atoms with Crippen molar-refractivity contribution in [3.8, 4) is 5.75 Å². The highest BCUT2D eigenvalue weighted by Gasteiger charge is 2.44. The second-order valence-corrected chi connectivity index (χ2v) is 7.37. The van der Waals surface area contributed by atoms with Gasteiger partial charge in [0.05, 0.1) is 6.26 Å². The van der Waals surface area contributed by atoms with Gasteiger partial charge >= 0.3 is 0 Å². The number of amides is 2. The molecular weight excluding hydrogens is 344 g/mol. The fourth-order valence-electron chi connectivity index (χ4n) is 4.23. The van der Waals surface area contributed by atoms with Gasteiger partial charge in [0.1, 0.15) is 11.4 Å². The third-order valence-corrected chi connectivity index (χ3v) is 5.71. The second-order valence-electron chi connectivity index (χ2n) is 7.37. The average Bonchev–Trinajstić information content (AvgIpc) is 3.23. The molecule has 27 heavy (non-hydrogen) atoms. The molecule has 2 aliphatic rings. The number of benzene rings is 1. The van der Waals surface area contributed by atoms with Gasteiger partial charge in [0.25, 0.3) is 5.91 Å². The van der Waals surface area contributed by atoms with E-state index in [1.54, 1.807) is 19.2 Å². The molecule has 0 radical (unpaired) electrons. The van der Waals surface area contributed by atoms with Crippen molar-refractivity contribution in [2.24, 2.45) is 0 Å². The molecule has 1 aromatic carbocycles. The van der Waals surface area contributed by atoms with E-state index >= 15 is 0 Å². The van der Waals surface area contributed by atoms with Crippen molar-refractivity contribution in [3.05, 3.63) is 54.0 Å². The third kappa shape index (κ3) is 3.44. The molecule has 2 aromatic rings. The van der Waals surface area contributed by atoms with Crippen molar-refractivity contribution in [3.63, 3.8) is 0 Å². The molecule has 0 bridgehead atoms. The molecular formula is C21H24N2O4. The van der Waals surface area contributed by atoms with Crippen molar-refractivity contribution in [1.82, 2.24) is 10.2 Å². The van der Waals surface area contributed by atoms with Gasteiger partial charge in [-0.1, -0.05) is 18.2 Å². The molecule has 142 valence electrons. The number of hydrogen-bond donors (Lipinski definition) is 1. The Bertz CT molecular complexity index is 822. The molecule has 2 aliphatic heterocycles. The van der Waals surface area contributed by atoms with E-state index in [4.69, 9.17) is 9.15 Å². The van der Waals surface area contributed by atoms with Crippen LogP contribution in [-0.4, -0.2) is 42.5 Å². The Kier molecular flexibility index (Phi) is 4.64. The first-order valence-corrected chi connectivity index (χ1v) is 9.41. The first-order chi connectivity index (χ1) is 13.1. The maximum atomic E-state index is 12.5. The first-order valence-electron chi connectivity index (χ1n) is 9.41. The lowest BCUT2D eigenvalue weighted by Crippen LogP contribution is -2.52. The minimum Gasteiger partial charge on any atom is -0.487 e. The highest BCUT2D eigenvalue weighted by molar-refractivity contribution is 5.91. The van der Waals surface area contributed by atoms with E-state index in [0.29, 0.717) is 25.3 Å².